The van der Waals surface area contributed by atoms with Gasteiger partial charge in [-0.15, -0.1) is 20.4 Å². The van der Waals surface area contributed by atoms with Gasteiger partial charge in [-0.2, -0.15) is 0 Å². The van der Waals surface area contributed by atoms with Crippen LogP contribution in [0.2, 0.25) is 0 Å². The van der Waals surface area contributed by atoms with Crippen molar-refractivity contribution in [3.8, 4) is 34.1 Å². The number of aromatic nitrogens is 7. The number of thioether (sulfide) groups is 1. The van der Waals surface area contributed by atoms with Crippen molar-refractivity contribution in [3.63, 3.8) is 0 Å². The molecule has 0 saturated carbocycles. The maximum Gasteiger partial charge on any atom is 0.253 e. The monoisotopic (exact) mass is 445 g/mol. The highest BCUT2D eigenvalue weighted by Gasteiger charge is 2.22. The average molecular weight is 446 g/mol. The van der Waals surface area contributed by atoms with Crippen molar-refractivity contribution in [3.05, 3.63) is 66.5 Å². The molecular weight excluding hydrogens is 426 g/mol. The molecule has 0 spiro atoms. The molecule has 0 amide bonds. The third-order valence-corrected chi connectivity index (χ3v) is 5.84. The summed E-state index contributed by atoms with van der Waals surface area (Å²) >= 11 is 1.49. The molecule has 0 aliphatic rings. The Hall–Kier alpha value is -3.79. The van der Waals surface area contributed by atoms with E-state index in [2.05, 4.69) is 42.0 Å². The quantitative estimate of drug-likeness (QED) is 0.330. The van der Waals surface area contributed by atoms with Crippen LogP contribution in [0.1, 0.15) is 18.6 Å². The van der Waals surface area contributed by atoms with Gasteiger partial charge in [0, 0.05) is 30.1 Å². The van der Waals surface area contributed by atoms with E-state index in [0.29, 0.717) is 34.6 Å². The Morgan fingerprint density at radius 2 is 1.75 bits per heavy atom. The SMILES string of the molecule is CCn1c(SCc2nnc(-c3c(-c4ccccc4)noc3C)o2)nnc1-c1ccncc1. The van der Waals surface area contributed by atoms with Crippen molar-refractivity contribution < 1.29 is 8.94 Å². The topological polar surface area (TPSA) is 109 Å². The van der Waals surface area contributed by atoms with Crippen LogP contribution >= 0.6 is 11.8 Å². The van der Waals surface area contributed by atoms with Gasteiger partial charge in [0.15, 0.2) is 11.0 Å². The van der Waals surface area contributed by atoms with Gasteiger partial charge in [0.1, 0.15) is 17.0 Å². The van der Waals surface area contributed by atoms with Crippen LogP contribution < -0.4 is 0 Å². The van der Waals surface area contributed by atoms with E-state index >= 15 is 0 Å². The van der Waals surface area contributed by atoms with Crippen molar-refractivity contribution in [2.45, 2.75) is 31.3 Å². The number of pyridine rings is 1. The highest BCUT2D eigenvalue weighted by atomic mass is 32.2. The van der Waals surface area contributed by atoms with E-state index in [1.807, 2.05) is 49.4 Å². The molecule has 0 radical (unpaired) electrons. The molecule has 160 valence electrons. The molecule has 0 aliphatic heterocycles. The molecule has 5 aromatic rings. The number of hydrogen-bond donors (Lipinski definition) is 0. The van der Waals surface area contributed by atoms with Crippen LogP contribution in [0.25, 0.3) is 34.1 Å². The Bertz CT molecular complexity index is 1330. The fourth-order valence-corrected chi connectivity index (χ4v) is 4.19. The van der Waals surface area contributed by atoms with Gasteiger partial charge in [-0.25, -0.2) is 0 Å². The van der Waals surface area contributed by atoms with Crippen molar-refractivity contribution in [1.29, 1.82) is 0 Å². The highest BCUT2D eigenvalue weighted by molar-refractivity contribution is 7.98. The molecule has 0 saturated heterocycles. The molecule has 4 heterocycles. The first-order valence-electron chi connectivity index (χ1n) is 10.1. The number of nitrogens with zero attached hydrogens (tertiary/aromatic N) is 7. The van der Waals surface area contributed by atoms with Crippen LogP contribution in [0, 0.1) is 6.92 Å². The lowest BCUT2D eigenvalue weighted by Gasteiger charge is -2.06. The van der Waals surface area contributed by atoms with E-state index in [4.69, 9.17) is 8.94 Å². The molecule has 10 heteroatoms. The van der Waals surface area contributed by atoms with E-state index in [9.17, 15) is 0 Å². The second-order valence-electron chi connectivity index (χ2n) is 6.90. The summed E-state index contributed by atoms with van der Waals surface area (Å²) in [6, 6.07) is 13.6. The van der Waals surface area contributed by atoms with E-state index < -0.39 is 0 Å². The first kappa shape index (κ1) is 20.1. The Kier molecular flexibility index (Phi) is 5.51. The third kappa shape index (κ3) is 3.80. The number of benzene rings is 1. The summed E-state index contributed by atoms with van der Waals surface area (Å²) in [6.45, 7) is 4.63. The third-order valence-electron chi connectivity index (χ3n) is 4.89. The van der Waals surface area contributed by atoms with Gasteiger partial charge in [-0.05, 0) is 26.0 Å². The second-order valence-corrected chi connectivity index (χ2v) is 7.85. The van der Waals surface area contributed by atoms with Crippen LogP contribution in [0.3, 0.4) is 0 Å². The molecule has 5 rings (SSSR count). The lowest BCUT2D eigenvalue weighted by Crippen LogP contribution is -2.00. The Balaban J connectivity index is 1.37. The zero-order valence-corrected chi connectivity index (χ0v) is 18.3. The standard InChI is InChI=1S/C22H19N7O2S/c1-3-29-20(16-9-11-23-12-10-16)25-27-22(29)32-13-17-24-26-21(30-17)18-14(2)31-28-19(18)15-7-5-4-6-8-15/h4-12H,3,13H2,1-2H3. The Morgan fingerprint density at radius 1 is 0.938 bits per heavy atom. The van der Waals surface area contributed by atoms with Gasteiger partial charge in [-0.3, -0.25) is 4.98 Å². The molecule has 0 bridgehead atoms. The molecule has 1 aromatic carbocycles. The van der Waals surface area contributed by atoms with Gasteiger partial charge in [0.25, 0.3) is 5.89 Å². The van der Waals surface area contributed by atoms with E-state index in [-0.39, 0.29) is 0 Å². The number of hydrogen-bond acceptors (Lipinski definition) is 9. The van der Waals surface area contributed by atoms with Gasteiger partial charge < -0.3 is 13.5 Å². The Morgan fingerprint density at radius 3 is 2.53 bits per heavy atom. The van der Waals surface area contributed by atoms with Gasteiger partial charge in [-0.1, -0.05) is 47.3 Å². The fourth-order valence-electron chi connectivity index (χ4n) is 3.35. The lowest BCUT2D eigenvalue weighted by molar-refractivity contribution is 0.399. The van der Waals surface area contributed by atoms with Crippen molar-refractivity contribution in [2.75, 3.05) is 0 Å². The summed E-state index contributed by atoms with van der Waals surface area (Å²) in [7, 11) is 0. The van der Waals surface area contributed by atoms with Crippen LogP contribution in [0.5, 0.6) is 0 Å². The number of aryl methyl sites for hydroxylation is 1. The molecule has 0 aliphatic carbocycles. The molecule has 0 atom stereocenters. The Labute approximate surface area is 187 Å². The summed E-state index contributed by atoms with van der Waals surface area (Å²) in [5.41, 5.74) is 3.28. The molecule has 9 nitrogen and oxygen atoms in total. The van der Waals surface area contributed by atoms with E-state index in [1.165, 1.54) is 11.8 Å². The molecule has 0 unspecified atom stereocenters. The van der Waals surface area contributed by atoms with Crippen molar-refractivity contribution in [2.24, 2.45) is 0 Å². The zero-order chi connectivity index (χ0) is 21.9. The van der Waals surface area contributed by atoms with E-state index in [1.54, 1.807) is 12.4 Å². The zero-order valence-electron chi connectivity index (χ0n) is 17.5. The minimum Gasteiger partial charge on any atom is -0.420 e. The molecule has 32 heavy (non-hydrogen) atoms. The molecule has 0 N–H and O–H groups in total. The van der Waals surface area contributed by atoms with Gasteiger partial charge in [0.05, 0.1) is 5.75 Å². The normalized spacial score (nSPS) is 11.2. The van der Waals surface area contributed by atoms with Gasteiger partial charge in [0.2, 0.25) is 5.89 Å². The smallest absolute Gasteiger partial charge is 0.253 e. The van der Waals surface area contributed by atoms with Crippen LogP contribution in [-0.2, 0) is 12.3 Å². The van der Waals surface area contributed by atoms with Gasteiger partial charge >= 0.3 is 0 Å². The summed E-state index contributed by atoms with van der Waals surface area (Å²) in [4.78, 5) is 4.06. The second kappa shape index (κ2) is 8.75. The van der Waals surface area contributed by atoms with Crippen molar-refractivity contribution in [1.82, 2.24) is 35.1 Å². The fraction of sp³-hybridized carbons (Fsp3) is 0.182. The molecular formula is C22H19N7O2S. The maximum atomic E-state index is 5.95. The predicted molar refractivity (Wildman–Crippen MR) is 118 cm³/mol. The highest BCUT2D eigenvalue weighted by Crippen LogP contribution is 2.34. The summed E-state index contributed by atoms with van der Waals surface area (Å²) in [5, 5.41) is 22.1. The van der Waals surface area contributed by atoms with Crippen LogP contribution in [0.15, 0.2) is 69.0 Å². The number of rotatable bonds is 7. The predicted octanol–water partition coefficient (Wildman–Crippen LogP) is 4.67. The average Bonchev–Trinajstić information content (AvgIpc) is 3.56. The molecule has 4 aromatic heterocycles. The van der Waals surface area contributed by atoms with Crippen molar-refractivity contribution >= 4 is 11.8 Å². The van der Waals surface area contributed by atoms with Crippen LogP contribution in [0.4, 0.5) is 0 Å². The minimum absolute atomic E-state index is 0.382. The summed E-state index contributed by atoms with van der Waals surface area (Å²) < 4.78 is 13.4. The minimum atomic E-state index is 0.382. The summed E-state index contributed by atoms with van der Waals surface area (Å²) in [5.74, 6) is 2.76. The van der Waals surface area contributed by atoms with E-state index in [0.717, 1.165) is 28.7 Å². The maximum absolute atomic E-state index is 5.95. The van der Waals surface area contributed by atoms with Crippen LogP contribution in [-0.4, -0.2) is 35.1 Å². The first-order valence-corrected chi connectivity index (χ1v) is 11.0. The summed E-state index contributed by atoms with van der Waals surface area (Å²) in [6.07, 6.45) is 3.49. The molecule has 0 fully saturated rings. The largest absolute Gasteiger partial charge is 0.420 e. The first-order chi connectivity index (χ1) is 15.7. The lowest BCUT2D eigenvalue weighted by atomic mass is 10.1.